The van der Waals surface area contributed by atoms with E-state index in [-0.39, 0.29) is 6.10 Å². The fourth-order valence-corrected chi connectivity index (χ4v) is 3.75. The minimum atomic E-state index is 0.164. The summed E-state index contributed by atoms with van der Waals surface area (Å²) in [4.78, 5) is 0. The smallest absolute Gasteiger partial charge is 0.132 e. The summed E-state index contributed by atoms with van der Waals surface area (Å²) in [6.07, 6.45) is 0.757. The van der Waals surface area contributed by atoms with Crippen LogP contribution in [0.1, 0.15) is 19.5 Å². The third-order valence-corrected chi connectivity index (χ3v) is 4.66. The van der Waals surface area contributed by atoms with Crippen molar-refractivity contribution < 1.29 is 4.74 Å². The SMILES string of the molecule is Cc1nn(PI)c2cc(Br)cc(OC(C)C)c12. The Labute approximate surface area is 124 Å². The molecule has 0 aliphatic heterocycles. The van der Waals surface area contributed by atoms with Crippen LogP contribution in [0, 0.1) is 6.92 Å². The summed E-state index contributed by atoms with van der Waals surface area (Å²) in [6, 6.07) is 4.10. The molecule has 0 aliphatic carbocycles. The zero-order valence-corrected chi connectivity index (χ0v) is 14.5. The first kappa shape index (κ1) is 13.6. The zero-order chi connectivity index (χ0) is 12.6. The van der Waals surface area contributed by atoms with Gasteiger partial charge in [-0.2, -0.15) is 5.10 Å². The van der Waals surface area contributed by atoms with Crippen LogP contribution in [0.2, 0.25) is 0 Å². The monoisotopic (exact) mass is 426 g/mol. The van der Waals surface area contributed by atoms with Gasteiger partial charge in [-0.3, -0.25) is 0 Å². The lowest BCUT2D eigenvalue weighted by Gasteiger charge is -2.11. The van der Waals surface area contributed by atoms with Crippen molar-refractivity contribution in [2.45, 2.75) is 26.9 Å². The summed E-state index contributed by atoms with van der Waals surface area (Å²) in [7, 11) is 0. The van der Waals surface area contributed by atoms with E-state index in [1.54, 1.807) is 0 Å². The predicted octanol–water partition coefficient (Wildman–Crippen LogP) is 4.69. The Kier molecular flexibility index (Phi) is 4.31. The van der Waals surface area contributed by atoms with Crippen molar-refractivity contribution in [1.29, 1.82) is 0 Å². The third-order valence-electron chi connectivity index (χ3n) is 2.33. The highest BCUT2D eigenvalue weighted by Crippen LogP contribution is 2.37. The van der Waals surface area contributed by atoms with Crippen LogP contribution < -0.4 is 4.74 Å². The molecule has 3 nitrogen and oxygen atoms in total. The Bertz CT molecular complexity index is 556. The van der Waals surface area contributed by atoms with Gasteiger partial charge in [0.2, 0.25) is 0 Å². The number of ether oxygens (including phenoxy) is 1. The Hall–Kier alpha value is 0.130. The van der Waals surface area contributed by atoms with Crippen LogP contribution in [0.15, 0.2) is 16.6 Å². The number of nitrogens with zero attached hydrogens (tertiary/aromatic N) is 2. The van der Waals surface area contributed by atoms with Crippen LogP contribution in [-0.2, 0) is 0 Å². The molecule has 0 amide bonds. The number of aromatic nitrogens is 2. The van der Waals surface area contributed by atoms with Crippen molar-refractivity contribution in [3.05, 3.63) is 22.3 Å². The van der Waals surface area contributed by atoms with Crippen LogP contribution >= 0.6 is 44.3 Å². The molecule has 92 valence electrons. The molecule has 0 saturated heterocycles. The van der Waals surface area contributed by atoms with E-state index in [4.69, 9.17) is 4.74 Å². The van der Waals surface area contributed by atoms with Gasteiger partial charge in [0.25, 0.3) is 0 Å². The summed E-state index contributed by atoms with van der Waals surface area (Å²) < 4.78 is 8.91. The number of hydrogen-bond acceptors (Lipinski definition) is 2. The molecule has 1 unspecified atom stereocenters. The van der Waals surface area contributed by atoms with Crippen LogP contribution in [0.4, 0.5) is 0 Å². The average molecular weight is 427 g/mol. The highest BCUT2D eigenvalue weighted by Gasteiger charge is 2.14. The average Bonchev–Trinajstić information content (AvgIpc) is 2.54. The van der Waals surface area contributed by atoms with Crippen LogP contribution in [0.5, 0.6) is 5.75 Å². The molecule has 17 heavy (non-hydrogen) atoms. The lowest BCUT2D eigenvalue weighted by molar-refractivity contribution is 0.245. The number of benzene rings is 1. The Morgan fingerprint density at radius 1 is 1.47 bits per heavy atom. The molecule has 0 spiro atoms. The van der Waals surface area contributed by atoms with E-state index in [1.165, 1.54) is 0 Å². The highest BCUT2D eigenvalue weighted by molar-refractivity contribution is 14.2. The third kappa shape index (κ3) is 2.76. The fourth-order valence-electron chi connectivity index (χ4n) is 1.76. The molecule has 2 aromatic rings. The van der Waals surface area contributed by atoms with Gasteiger partial charge in [0.1, 0.15) is 5.75 Å². The van der Waals surface area contributed by atoms with Gasteiger partial charge in [-0.15, -0.1) is 0 Å². The first-order chi connectivity index (χ1) is 8.02. The Morgan fingerprint density at radius 3 is 2.76 bits per heavy atom. The molecule has 1 aromatic heterocycles. The van der Waals surface area contributed by atoms with Crippen molar-refractivity contribution in [3.63, 3.8) is 0 Å². The van der Waals surface area contributed by atoms with E-state index < -0.39 is 0 Å². The van der Waals surface area contributed by atoms with Crippen LogP contribution in [-0.4, -0.2) is 15.7 Å². The Balaban J connectivity index is 2.70. The fraction of sp³-hybridized carbons (Fsp3) is 0.364. The quantitative estimate of drug-likeness (QED) is 0.526. The van der Waals surface area contributed by atoms with E-state index in [2.05, 4.69) is 49.1 Å². The van der Waals surface area contributed by atoms with Gasteiger partial charge in [0.15, 0.2) is 0 Å². The van der Waals surface area contributed by atoms with Crippen molar-refractivity contribution in [2.24, 2.45) is 0 Å². The van der Waals surface area contributed by atoms with Crippen LogP contribution in [0.3, 0.4) is 0 Å². The molecule has 1 aromatic carbocycles. The molecule has 0 N–H and O–H groups in total. The van der Waals surface area contributed by atoms with Crippen molar-refractivity contribution in [2.75, 3.05) is 0 Å². The highest BCUT2D eigenvalue weighted by atomic mass is 127. The summed E-state index contributed by atoms with van der Waals surface area (Å²) >= 11 is 5.86. The standard InChI is InChI=1S/C11H13BrIN2OP/c1-6(2)16-10-5-8(12)4-9-11(10)7(3)14-15(9)17-13/h4-6,17H,1-3H3. The summed E-state index contributed by atoms with van der Waals surface area (Å²) in [5.74, 6) is 0.905. The first-order valence-corrected chi connectivity index (χ1v) is 10.1. The molecule has 1 atom stereocenters. The normalized spacial score (nSPS) is 12.1. The van der Waals surface area contributed by atoms with Crippen molar-refractivity contribution >= 4 is 55.2 Å². The lowest BCUT2D eigenvalue weighted by atomic mass is 10.2. The molecular weight excluding hydrogens is 414 g/mol. The number of fused-ring (bicyclic) bond motifs is 1. The summed E-state index contributed by atoms with van der Waals surface area (Å²) in [5, 5.41) is 5.65. The largest absolute Gasteiger partial charge is 0.490 e. The second-order valence-corrected chi connectivity index (χ2v) is 7.00. The van der Waals surface area contributed by atoms with Gasteiger partial charge < -0.3 is 4.74 Å². The minimum absolute atomic E-state index is 0.164. The maximum Gasteiger partial charge on any atom is 0.132 e. The zero-order valence-electron chi connectivity index (χ0n) is 9.79. The second-order valence-electron chi connectivity index (χ2n) is 4.05. The van der Waals surface area contributed by atoms with Crippen molar-refractivity contribution in [1.82, 2.24) is 9.55 Å². The minimum Gasteiger partial charge on any atom is -0.490 e. The van der Waals surface area contributed by atoms with Crippen LogP contribution in [0.25, 0.3) is 10.9 Å². The summed E-state index contributed by atoms with van der Waals surface area (Å²) in [5.41, 5.74) is 2.15. The van der Waals surface area contributed by atoms with Gasteiger partial charge in [-0.25, -0.2) is 4.45 Å². The molecule has 0 fully saturated rings. The van der Waals surface area contributed by atoms with Gasteiger partial charge in [0.05, 0.1) is 29.1 Å². The predicted molar refractivity (Wildman–Crippen MR) is 85.7 cm³/mol. The van der Waals surface area contributed by atoms with E-state index in [9.17, 15) is 0 Å². The Morgan fingerprint density at radius 2 is 2.18 bits per heavy atom. The number of halogens is 2. The molecule has 6 heteroatoms. The lowest BCUT2D eigenvalue weighted by Crippen LogP contribution is -2.05. The van der Waals surface area contributed by atoms with Gasteiger partial charge in [-0.1, -0.05) is 15.9 Å². The molecule has 0 saturated carbocycles. The topological polar surface area (TPSA) is 27.1 Å². The molecule has 0 aliphatic rings. The molecular formula is C11H13BrIN2OP. The summed E-state index contributed by atoms with van der Waals surface area (Å²) in [6.45, 7) is 6.09. The van der Waals surface area contributed by atoms with Gasteiger partial charge in [0, 0.05) is 4.47 Å². The molecule has 0 radical (unpaired) electrons. The number of aryl methyl sites for hydroxylation is 1. The van der Waals surface area contributed by atoms with E-state index >= 15 is 0 Å². The number of hydrogen-bond donors (Lipinski definition) is 0. The number of rotatable bonds is 3. The first-order valence-electron chi connectivity index (χ1n) is 5.25. The van der Waals surface area contributed by atoms with Gasteiger partial charge in [-0.05, 0) is 54.9 Å². The second kappa shape index (κ2) is 5.41. The maximum atomic E-state index is 5.86. The van der Waals surface area contributed by atoms with E-state index in [0.717, 1.165) is 26.8 Å². The molecule has 2 rings (SSSR count). The molecule has 1 heterocycles. The van der Waals surface area contributed by atoms with Gasteiger partial charge >= 0.3 is 0 Å². The molecule has 0 bridgehead atoms. The van der Waals surface area contributed by atoms with E-state index in [1.807, 2.05) is 31.3 Å². The van der Waals surface area contributed by atoms with E-state index in [0.29, 0.717) is 6.37 Å². The van der Waals surface area contributed by atoms with Crippen molar-refractivity contribution in [3.8, 4) is 5.75 Å². The maximum absolute atomic E-state index is 5.86.